The van der Waals surface area contributed by atoms with Gasteiger partial charge in [-0.05, 0) is 62.9 Å². The second-order valence-electron chi connectivity index (χ2n) is 8.44. The van der Waals surface area contributed by atoms with Gasteiger partial charge in [-0.3, -0.25) is 9.36 Å². The van der Waals surface area contributed by atoms with Crippen LogP contribution in [0, 0.1) is 5.92 Å². The quantitative estimate of drug-likeness (QED) is 0.777. The molecular weight excluding hydrogens is 338 g/mol. The van der Waals surface area contributed by atoms with E-state index in [1.165, 1.54) is 19.4 Å². The minimum absolute atomic E-state index is 0.0820. The summed E-state index contributed by atoms with van der Waals surface area (Å²) in [5.74, 6) is 2.42. The van der Waals surface area contributed by atoms with Crippen molar-refractivity contribution in [3.8, 4) is 5.75 Å². The lowest BCUT2D eigenvalue weighted by molar-refractivity contribution is 0.168. The van der Waals surface area contributed by atoms with E-state index in [0.29, 0.717) is 17.4 Å². The van der Waals surface area contributed by atoms with E-state index < -0.39 is 0 Å². The van der Waals surface area contributed by atoms with Crippen molar-refractivity contribution < 1.29 is 4.74 Å². The van der Waals surface area contributed by atoms with Crippen molar-refractivity contribution in [1.82, 2.24) is 14.5 Å². The molecular formula is C22H31N3O2. The average molecular weight is 370 g/mol. The predicted octanol–water partition coefficient (Wildman–Crippen LogP) is 3.79. The highest BCUT2D eigenvalue weighted by Gasteiger charge is 2.25. The van der Waals surface area contributed by atoms with Crippen molar-refractivity contribution in [2.24, 2.45) is 5.92 Å². The Morgan fingerprint density at radius 3 is 2.78 bits per heavy atom. The molecule has 0 spiro atoms. The Balaban J connectivity index is 1.70. The van der Waals surface area contributed by atoms with E-state index in [0.717, 1.165) is 49.6 Å². The smallest absolute Gasteiger partial charge is 0.261 e. The first kappa shape index (κ1) is 18.5. The Kier molecular flexibility index (Phi) is 5.22. The van der Waals surface area contributed by atoms with Gasteiger partial charge < -0.3 is 9.64 Å². The lowest BCUT2D eigenvalue weighted by Gasteiger charge is -2.32. The molecule has 146 valence electrons. The number of hydrogen-bond acceptors (Lipinski definition) is 4. The second kappa shape index (κ2) is 7.63. The van der Waals surface area contributed by atoms with E-state index in [4.69, 9.17) is 9.72 Å². The minimum Gasteiger partial charge on any atom is -0.490 e. The van der Waals surface area contributed by atoms with Crippen LogP contribution in [0.2, 0.25) is 0 Å². The van der Waals surface area contributed by atoms with Gasteiger partial charge in [-0.2, -0.15) is 0 Å². The van der Waals surface area contributed by atoms with Gasteiger partial charge >= 0.3 is 0 Å². The van der Waals surface area contributed by atoms with Gasteiger partial charge in [0, 0.05) is 19.0 Å². The third kappa shape index (κ3) is 4.03. The van der Waals surface area contributed by atoms with E-state index in [1.807, 2.05) is 22.8 Å². The summed E-state index contributed by atoms with van der Waals surface area (Å²) in [6.45, 7) is 10.6. The van der Waals surface area contributed by atoms with Crippen LogP contribution in [-0.2, 0) is 6.54 Å². The summed E-state index contributed by atoms with van der Waals surface area (Å²) in [5, 5.41) is 0.681. The Labute approximate surface area is 161 Å². The molecule has 1 saturated carbocycles. The molecule has 1 aliphatic carbocycles. The van der Waals surface area contributed by atoms with Crippen molar-refractivity contribution >= 4 is 10.9 Å². The molecule has 0 bridgehead atoms. The van der Waals surface area contributed by atoms with Crippen LogP contribution in [0.3, 0.4) is 0 Å². The van der Waals surface area contributed by atoms with Gasteiger partial charge in [-0.1, -0.05) is 20.8 Å². The minimum atomic E-state index is 0.0820. The van der Waals surface area contributed by atoms with Crippen LogP contribution in [0.25, 0.3) is 10.9 Å². The van der Waals surface area contributed by atoms with E-state index in [-0.39, 0.29) is 11.5 Å². The monoisotopic (exact) mass is 369 g/mol. The SMILES string of the molecule is CCN1CCCC(Cn2c(C(C)C)nc3ccc(OC4CC4)cc3c2=O)C1. The highest BCUT2D eigenvalue weighted by molar-refractivity contribution is 5.79. The first-order valence-electron chi connectivity index (χ1n) is 10.5. The third-order valence-corrected chi connectivity index (χ3v) is 5.79. The zero-order chi connectivity index (χ0) is 19.0. The fourth-order valence-corrected chi connectivity index (χ4v) is 4.13. The van der Waals surface area contributed by atoms with Gasteiger partial charge in [-0.25, -0.2) is 4.98 Å². The molecule has 1 aromatic heterocycles. The van der Waals surface area contributed by atoms with Crippen LogP contribution in [0.1, 0.15) is 58.2 Å². The van der Waals surface area contributed by atoms with Crippen LogP contribution in [-0.4, -0.2) is 40.2 Å². The van der Waals surface area contributed by atoms with Crippen molar-refractivity contribution in [3.63, 3.8) is 0 Å². The van der Waals surface area contributed by atoms with E-state index >= 15 is 0 Å². The van der Waals surface area contributed by atoms with Crippen LogP contribution in [0.4, 0.5) is 0 Å². The maximum Gasteiger partial charge on any atom is 0.261 e. The molecule has 1 atom stereocenters. The molecule has 5 nitrogen and oxygen atoms in total. The highest BCUT2D eigenvalue weighted by atomic mass is 16.5. The predicted molar refractivity (Wildman–Crippen MR) is 109 cm³/mol. The molecule has 2 aliphatic rings. The Hall–Kier alpha value is -1.88. The maximum absolute atomic E-state index is 13.4. The summed E-state index contributed by atoms with van der Waals surface area (Å²) >= 11 is 0. The Bertz CT molecular complexity index is 870. The van der Waals surface area contributed by atoms with Crippen LogP contribution in [0.15, 0.2) is 23.0 Å². The number of hydrogen-bond donors (Lipinski definition) is 0. The molecule has 27 heavy (non-hydrogen) atoms. The topological polar surface area (TPSA) is 47.4 Å². The molecule has 0 amide bonds. The van der Waals surface area contributed by atoms with Crippen molar-refractivity contribution in [1.29, 1.82) is 0 Å². The molecule has 1 aliphatic heterocycles. The summed E-state index contributed by atoms with van der Waals surface area (Å²) < 4.78 is 7.84. The van der Waals surface area contributed by atoms with Gasteiger partial charge in [-0.15, -0.1) is 0 Å². The third-order valence-electron chi connectivity index (χ3n) is 5.79. The lowest BCUT2D eigenvalue weighted by atomic mass is 9.97. The largest absolute Gasteiger partial charge is 0.490 e. The molecule has 1 unspecified atom stereocenters. The van der Waals surface area contributed by atoms with E-state index in [1.54, 1.807) is 0 Å². The second-order valence-corrected chi connectivity index (χ2v) is 8.44. The van der Waals surface area contributed by atoms with E-state index in [2.05, 4.69) is 25.7 Å². The van der Waals surface area contributed by atoms with Gasteiger partial charge in [0.15, 0.2) is 0 Å². The van der Waals surface area contributed by atoms with Crippen LogP contribution in [0.5, 0.6) is 5.75 Å². The summed E-state index contributed by atoms with van der Waals surface area (Å²) in [6, 6.07) is 5.77. The number of ether oxygens (including phenoxy) is 1. The first-order valence-corrected chi connectivity index (χ1v) is 10.5. The standard InChI is InChI=1S/C22H31N3O2/c1-4-24-11-5-6-16(13-24)14-25-21(15(2)3)23-20-10-9-18(27-17-7-8-17)12-19(20)22(25)26/h9-10,12,15-17H,4-8,11,13-14H2,1-3H3. The molecule has 2 heterocycles. The molecule has 2 fully saturated rings. The van der Waals surface area contributed by atoms with Gasteiger partial charge in [0.1, 0.15) is 11.6 Å². The lowest BCUT2D eigenvalue weighted by Crippen LogP contribution is -2.39. The zero-order valence-corrected chi connectivity index (χ0v) is 16.8. The Morgan fingerprint density at radius 1 is 1.26 bits per heavy atom. The number of aromatic nitrogens is 2. The fourth-order valence-electron chi connectivity index (χ4n) is 4.13. The number of likely N-dealkylation sites (tertiary alicyclic amines) is 1. The number of benzene rings is 1. The normalized spacial score (nSPS) is 21.1. The zero-order valence-electron chi connectivity index (χ0n) is 16.8. The van der Waals surface area contributed by atoms with Gasteiger partial charge in [0.05, 0.1) is 17.0 Å². The summed E-state index contributed by atoms with van der Waals surface area (Å²) in [4.78, 5) is 20.7. The molecule has 0 N–H and O–H groups in total. The molecule has 0 radical (unpaired) electrons. The van der Waals surface area contributed by atoms with Gasteiger partial charge in [0.25, 0.3) is 5.56 Å². The summed E-state index contributed by atoms with van der Waals surface area (Å²) in [6.07, 6.45) is 4.95. The average Bonchev–Trinajstić information content (AvgIpc) is 3.48. The number of piperidine rings is 1. The highest BCUT2D eigenvalue weighted by Crippen LogP contribution is 2.28. The molecule has 4 rings (SSSR count). The summed E-state index contributed by atoms with van der Waals surface area (Å²) in [5.41, 5.74) is 0.862. The molecule has 1 saturated heterocycles. The summed E-state index contributed by atoms with van der Waals surface area (Å²) in [7, 11) is 0. The van der Waals surface area contributed by atoms with Crippen LogP contribution >= 0.6 is 0 Å². The number of rotatable bonds is 6. The van der Waals surface area contributed by atoms with Crippen molar-refractivity contribution in [3.05, 3.63) is 34.4 Å². The first-order chi connectivity index (χ1) is 13.0. The maximum atomic E-state index is 13.4. The van der Waals surface area contributed by atoms with Gasteiger partial charge in [0.2, 0.25) is 0 Å². The van der Waals surface area contributed by atoms with Crippen molar-refractivity contribution in [2.75, 3.05) is 19.6 Å². The number of nitrogens with zero attached hydrogens (tertiary/aromatic N) is 3. The number of fused-ring (bicyclic) bond motifs is 1. The fraction of sp³-hybridized carbons (Fsp3) is 0.636. The Morgan fingerprint density at radius 2 is 2.07 bits per heavy atom. The molecule has 1 aromatic carbocycles. The van der Waals surface area contributed by atoms with Crippen LogP contribution < -0.4 is 10.3 Å². The van der Waals surface area contributed by atoms with Crippen molar-refractivity contribution in [2.45, 2.75) is 65.0 Å². The molecule has 2 aromatic rings. The molecule has 5 heteroatoms. The van der Waals surface area contributed by atoms with E-state index in [9.17, 15) is 4.79 Å².